The third kappa shape index (κ3) is 2.50. The molecule has 1 aromatic rings. The molecule has 0 atom stereocenters. The number of carbonyl (C=O) groups excluding carboxylic acids is 1. The molecule has 0 aliphatic heterocycles. The second kappa shape index (κ2) is 4.88. The van der Waals surface area contributed by atoms with Gasteiger partial charge >= 0.3 is 0 Å². The van der Waals surface area contributed by atoms with Gasteiger partial charge in [-0.25, -0.2) is 0 Å². The van der Waals surface area contributed by atoms with Crippen LogP contribution in [-0.4, -0.2) is 11.9 Å². The van der Waals surface area contributed by atoms with E-state index >= 15 is 0 Å². The molecule has 3 heteroatoms. The average Bonchev–Trinajstić information content (AvgIpc) is 2.27. The Bertz CT molecular complexity index is 422. The van der Waals surface area contributed by atoms with Crippen molar-refractivity contribution in [2.24, 2.45) is 11.7 Å². The topological polar surface area (TPSA) is 55.1 Å². The van der Waals surface area contributed by atoms with Gasteiger partial charge in [-0.15, -0.1) is 0 Å². The number of hydrogen-bond acceptors (Lipinski definition) is 2. The molecule has 0 radical (unpaired) electrons. The largest absolute Gasteiger partial charge is 0.328 e. The van der Waals surface area contributed by atoms with Gasteiger partial charge < -0.3 is 11.1 Å². The van der Waals surface area contributed by atoms with Crippen molar-refractivity contribution in [1.82, 2.24) is 0 Å². The van der Waals surface area contributed by atoms with E-state index in [2.05, 4.69) is 18.3 Å². The number of hydrogen-bond donors (Lipinski definition) is 2. The first-order valence-corrected chi connectivity index (χ1v) is 6.26. The lowest BCUT2D eigenvalue weighted by atomic mass is 9.80. The van der Waals surface area contributed by atoms with Crippen LogP contribution < -0.4 is 11.1 Å². The molecule has 0 heterocycles. The molecule has 1 aliphatic carbocycles. The Kier molecular flexibility index (Phi) is 3.48. The van der Waals surface area contributed by atoms with E-state index in [0.717, 1.165) is 30.5 Å². The normalized spacial score (nSPS) is 23.0. The van der Waals surface area contributed by atoms with E-state index in [1.165, 1.54) is 5.56 Å². The number of aryl methyl sites for hydroxylation is 2. The van der Waals surface area contributed by atoms with Gasteiger partial charge in [0.05, 0.1) is 0 Å². The second-order valence-electron chi connectivity index (χ2n) is 4.88. The van der Waals surface area contributed by atoms with Crippen molar-refractivity contribution in [3.05, 3.63) is 29.3 Å². The van der Waals surface area contributed by atoms with E-state index in [0.29, 0.717) is 0 Å². The lowest BCUT2D eigenvalue weighted by molar-refractivity contribution is -0.122. The van der Waals surface area contributed by atoms with Gasteiger partial charge in [0.15, 0.2) is 0 Å². The van der Waals surface area contributed by atoms with Crippen LogP contribution in [0.2, 0.25) is 0 Å². The number of anilines is 1. The Morgan fingerprint density at radius 1 is 1.47 bits per heavy atom. The van der Waals surface area contributed by atoms with Crippen LogP contribution >= 0.6 is 0 Å². The molecule has 0 aromatic heterocycles. The van der Waals surface area contributed by atoms with Crippen molar-refractivity contribution in [2.75, 3.05) is 5.32 Å². The van der Waals surface area contributed by atoms with Gasteiger partial charge in [-0.05, 0) is 37.3 Å². The first-order valence-electron chi connectivity index (χ1n) is 6.26. The summed E-state index contributed by atoms with van der Waals surface area (Å²) >= 11 is 0. The van der Waals surface area contributed by atoms with Crippen LogP contribution in [0.5, 0.6) is 0 Å². The van der Waals surface area contributed by atoms with Crippen LogP contribution in [0.15, 0.2) is 18.2 Å². The van der Waals surface area contributed by atoms with Crippen LogP contribution in [0.4, 0.5) is 5.69 Å². The van der Waals surface area contributed by atoms with Gasteiger partial charge in [0.25, 0.3) is 0 Å². The predicted octanol–water partition coefficient (Wildman–Crippen LogP) is 2.23. The fraction of sp³-hybridized carbons (Fsp3) is 0.500. The maximum absolute atomic E-state index is 12.0. The quantitative estimate of drug-likeness (QED) is 0.839. The molecule has 1 fully saturated rings. The Morgan fingerprint density at radius 2 is 2.18 bits per heavy atom. The van der Waals surface area contributed by atoms with Gasteiger partial charge in [-0.3, -0.25) is 4.79 Å². The minimum Gasteiger partial charge on any atom is -0.328 e. The summed E-state index contributed by atoms with van der Waals surface area (Å²) in [4.78, 5) is 12.0. The smallest absolute Gasteiger partial charge is 0.227 e. The van der Waals surface area contributed by atoms with Gasteiger partial charge in [0, 0.05) is 17.6 Å². The predicted molar refractivity (Wildman–Crippen MR) is 69.9 cm³/mol. The zero-order valence-corrected chi connectivity index (χ0v) is 10.5. The molecular formula is C14H20N2O. The third-order valence-corrected chi connectivity index (χ3v) is 3.53. The van der Waals surface area contributed by atoms with E-state index in [9.17, 15) is 4.79 Å². The van der Waals surface area contributed by atoms with E-state index in [4.69, 9.17) is 5.73 Å². The molecule has 1 saturated carbocycles. The van der Waals surface area contributed by atoms with Crippen molar-refractivity contribution in [3.63, 3.8) is 0 Å². The molecule has 1 aromatic carbocycles. The van der Waals surface area contributed by atoms with Gasteiger partial charge in [-0.1, -0.05) is 25.1 Å². The molecular weight excluding hydrogens is 212 g/mol. The molecule has 3 N–H and O–H groups in total. The summed E-state index contributed by atoms with van der Waals surface area (Å²) in [6.45, 7) is 4.13. The Labute approximate surface area is 102 Å². The number of nitrogens with one attached hydrogen (secondary N) is 1. The van der Waals surface area contributed by atoms with Crippen LogP contribution in [0.1, 0.15) is 30.9 Å². The molecule has 92 valence electrons. The zero-order valence-electron chi connectivity index (χ0n) is 10.5. The van der Waals surface area contributed by atoms with Crippen LogP contribution in [0.25, 0.3) is 0 Å². The third-order valence-electron chi connectivity index (χ3n) is 3.53. The summed E-state index contributed by atoms with van der Waals surface area (Å²) in [5.74, 6) is 0.227. The van der Waals surface area contributed by atoms with Crippen LogP contribution in [-0.2, 0) is 11.2 Å². The van der Waals surface area contributed by atoms with Crippen LogP contribution in [0, 0.1) is 12.8 Å². The minimum atomic E-state index is 0.106. The maximum Gasteiger partial charge on any atom is 0.227 e. The summed E-state index contributed by atoms with van der Waals surface area (Å²) in [6, 6.07) is 6.34. The molecule has 0 spiro atoms. The van der Waals surface area contributed by atoms with E-state index in [-0.39, 0.29) is 17.9 Å². The average molecular weight is 232 g/mol. The van der Waals surface area contributed by atoms with Crippen molar-refractivity contribution in [1.29, 1.82) is 0 Å². The number of carbonyl (C=O) groups is 1. The van der Waals surface area contributed by atoms with Crippen molar-refractivity contribution < 1.29 is 4.79 Å². The number of amides is 1. The second-order valence-corrected chi connectivity index (χ2v) is 4.88. The molecule has 0 bridgehead atoms. The van der Waals surface area contributed by atoms with Crippen LogP contribution in [0.3, 0.4) is 0 Å². The molecule has 0 saturated heterocycles. The number of rotatable bonds is 3. The highest BCUT2D eigenvalue weighted by Crippen LogP contribution is 2.28. The van der Waals surface area contributed by atoms with Crippen molar-refractivity contribution in [2.45, 2.75) is 39.2 Å². The standard InChI is InChI=1S/C14H20N2O/c1-3-10-6-4-5-9(2)13(10)16-14(17)11-7-12(15)8-11/h4-6,11-12H,3,7-8,15H2,1-2H3,(H,16,17). The Balaban J connectivity index is 2.10. The Morgan fingerprint density at radius 3 is 2.76 bits per heavy atom. The summed E-state index contributed by atoms with van der Waals surface area (Å²) < 4.78 is 0. The van der Waals surface area contributed by atoms with E-state index in [1.54, 1.807) is 0 Å². The molecule has 1 aliphatic rings. The lowest BCUT2D eigenvalue weighted by Crippen LogP contribution is -2.42. The Hall–Kier alpha value is -1.35. The SMILES string of the molecule is CCc1cccc(C)c1NC(=O)C1CC(N)C1. The maximum atomic E-state index is 12.0. The first-order chi connectivity index (χ1) is 8.11. The van der Waals surface area contributed by atoms with E-state index < -0.39 is 0 Å². The fourth-order valence-electron chi connectivity index (χ4n) is 2.30. The van der Waals surface area contributed by atoms with Gasteiger partial charge in [0.1, 0.15) is 0 Å². The molecule has 1 amide bonds. The number of benzene rings is 1. The van der Waals surface area contributed by atoms with Crippen molar-refractivity contribution >= 4 is 11.6 Å². The molecule has 17 heavy (non-hydrogen) atoms. The molecule has 2 rings (SSSR count). The van der Waals surface area contributed by atoms with Crippen molar-refractivity contribution in [3.8, 4) is 0 Å². The minimum absolute atomic E-state index is 0.106. The number of para-hydroxylation sites is 1. The van der Waals surface area contributed by atoms with E-state index in [1.807, 2.05) is 19.1 Å². The zero-order chi connectivity index (χ0) is 12.4. The van der Waals surface area contributed by atoms with Gasteiger partial charge in [0.2, 0.25) is 5.91 Å². The molecule has 3 nitrogen and oxygen atoms in total. The fourth-order valence-corrected chi connectivity index (χ4v) is 2.30. The number of nitrogens with two attached hydrogens (primary N) is 1. The highest BCUT2D eigenvalue weighted by atomic mass is 16.1. The monoisotopic (exact) mass is 232 g/mol. The highest BCUT2D eigenvalue weighted by Gasteiger charge is 2.32. The lowest BCUT2D eigenvalue weighted by Gasteiger charge is -2.31. The summed E-state index contributed by atoms with van der Waals surface area (Å²) in [7, 11) is 0. The summed E-state index contributed by atoms with van der Waals surface area (Å²) in [6.07, 6.45) is 2.57. The first kappa shape index (κ1) is 12.1. The molecule has 0 unspecified atom stereocenters. The summed E-state index contributed by atoms with van der Waals surface area (Å²) in [5, 5.41) is 3.06. The summed E-state index contributed by atoms with van der Waals surface area (Å²) in [5.41, 5.74) is 9.02. The van der Waals surface area contributed by atoms with Gasteiger partial charge in [-0.2, -0.15) is 0 Å². The highest BCUT2D eigenvalue weighted by molar-refractivity contribution is 5.94.